The van der Waals surface area contributed by atoms with Gasteiger partial charge in [-0.2, -0.15) is 4.31 Å². The van der Waals surface area contributed by atoms with Crippen LogP contribution in [0.15, 0.2) is 71.6 Å². The number of halogens is 1. The summed E-state index contributed by atoms with van der Waals surface area (Å²) in [5.74, 6) is 0.475. The van der Waals surface area contributed by atoms with Crippen molar-refractivity contribution in [2.24, 2.45) is 0 Å². The van der Waals surface area contributed by atoms with E-state index in [0.29, 0.717) is 49.0 Å². The number of amides is 1. The highest BCUT2D eigenvalue weighted by Gasteiger charge is 2.29. The van der Waals surface area contributed by atoms with Gasteiger partial charge < -0.3 is 9.64 Å². The maximum Gasteiger partial charge on any atom is 0.260 e. The zero-order valence-electron chi connectivity index (χ0n) is 22.0. The zero-order valence-corrected chi connectivity index (χ0v) is 24.5. The second kappa shape index (κ2) is 12.0. The summed E-state index contributed by atoms with van der Waals surface area (Å²) in [4.78, 5) is 22.2. The average molecular weight is 587 g/mol. The molecule has 1 aliphatic rings. The first kappa shape index (κ1) is 29.0. The number of hydrogen-bond donors (Lipinski definition) is 0. The molecule has 1 aliphatic heterocycles. The molecule has 3 aromatic carbocycles. The maximum absolute atomic E-state index is 13.6. The zero-order chi connectivity index (χ0) is 26.9. The molecule has 0 saturated carbocycles. The van der Waals surface area contributed by atoms with Crippen molar-refractivity contribution in [1.82, 2.24) is 14.2 Å². The molecule has 0 atom stereocenters. The van der Waals surface area contributed by atoms with Crippen molar-refractivity contribution in [1.29, 1.82) is 0 Å². The molecule has 0 radical (unpaired) electrons. The molecule has 206 valence electrons. The summed E-state index contributed by atoms with van der Waals surface area (Å²) in [6.07, 6.45) is 0.681. The predicted molar refractivity (Wildman–Crippen MR) is 158 cm³/mol. The van der Waals surface area contributed by atoms with E-state index < -0.39 is 10.0 Å². The Labute approximate surface area is 239 Å². The normalized spacial score (nSPS) is 13.6. The van der Waals surface area contributed by atoms with Crippen LogP contribution in [-0.4, -0.2) is 69.4 Å². The third-order valence-corrected chi connectivity index (χ3v) is 9.58. The minimum atomic E-state index is -3.69. The van der Waals surface area contributed by atoms with E-state index in [4.69, 9.17) is 9.72 Å². The highest BCUT2D eigenvalue weighted by Crippen LogP contribution is 2.32. The third-order valence-electron chi connectivity index (χ3n) is 6.66. The van der Waals surface area contributed by atoms with Gasteiger partial charge in [0.25, 0.3) is 5.91 Å². The lowest BCUT2D eigenvalue weighted by Gasteiger charge is -2.28. The summed E-state index contributed by atoms with van der Waals surface area (Å²) in [5, 5.41) is 0.587. The first-order valence-corrected chi connectivity index (χ1v) is 14.6. The summed E-state index contributed by atoms with van der Waals surface area (Å²) in [7, 11) is 1.82. The molecule has 8 nitrogen and oxygen atoms in total. The fraction of sp³-hybridized carbons (Fsp3) is 0.286. The van der Waals surface area contributed by atoms with E-state index in [-0.39, 0.29) is 23.2 Å². The number of rotatable bonds is 8. The molecule has 0 unspecified atom stereocenters. The molecule has 0 fully saturated rings. The van der Waals surface area contributed by atoms with Crippen molar-refractivity contribution < 1.29 is 17.9 Å². The van der Waals surface area contributed by atoms with Crippen molar-refractivity contribution >= 4 is 55.0 Å². The first-order chi connectivity index (χ1) is 18.3. The van der Waals surface area contributed by atoms with Gasteiger partial charge in [-0.15, -0.1) is 12.4 Å². The number of nitrogens with zero attached hydrogens (tertiary/aromatic N) is 4. The lowest BCUT2D eigenvalue weighted by Crippen LogP contribution is -2.37. The summed E-state index contributed by atoms with van der Waals surface area (Å²) in [6, 6.07) is 19.8. The van der Waals surface area contributed by atoms with Gasteiger partial charge in [-0.05, 0) is 68.0 Å². The van der Waals surface area contributed by atoms with Gasteiger partial charge in [0.1, 0.15) is 5.75 Å². The summed E-state index contributed by atoms with van der Waals surface area (Å²) in [5.41, 5.74) is 3.38. The van der Waals surface area contributed by atoms with Crippen LogP contribution in [0.3, 0.4) is 0 Å². The van der Waals surface area contributed by atoms with Gasteiger partial charge >= 0.3 is 0 Å². The van der Waals surface area contributed by atoms with Crippen molar-refractivity contribution in [3.05, 3.63) is 83.4 Å². The molecule has 0 aliphatic carbocycles. The van der Waals surface area contributed by atoms with E-state index in [9.17, 15) is 13.2 Å². The average Bonchev–Trinajstić information content (AvgIpc) is 3.35. The van der Waals surface area contributed by atoms with Crippen molar-refractivity contribution in [3.8, 4) is 5.75 Å². The number of sulfonamides is 1. The quantitative estimate of drug-likeness (QED) is 0.298. The number of anilines is 1. The predicted octanol–water partition coefficient (Wildman–Crippen LogP) is 4.68. The fourth-order valence-electron chi connectivity index (χ4n) is 4.47. The van der Waals surface area contributed by atoms with Gasteiger partial charge in [0.2, 0.25) is 10.0 Å². The van der Waals surface area contributed by atoms with Gasteiger partial charge in [0.05, 0.1) is 22.2 Å². The number of benzene rings is 3. The molecule has 0 bridgehead atoms. The second-order valence-corrected chi connectivity index (χ2v) is 12.4. The third kappa shape index (κ3) is 6.10. The Hall–Kier alpha value is -3.02. The molecular formula is C28H31ClN4O4S2. The SMILES string of the molecule is COc1ccc2sc(N(CCN(C)C)C(=O)c3ccc(S(=O)(=O)N4CCc5ccccc5C4)cc3)nc2c1.Cl. The maximum atomic E-state index is 13.6. The number of aromatic nitrogens is 1. The first-order valence-electron chi connectivity index (χ1n) is 12.3. The minimum Gasteiger partial charge on any atom is -0.497 e. The highest BCUT2D eigenvalue weighted by atomic mass is 35.5. The van der Waals surface area contributed by atoms with Crippen LogP contribution in [0.2, 0.25) is 0 Å². The molecule has 4 aromatic rings. The second-order valence-electron chi connectivity index (χ2n) is 9.47. The lowest BCUT2D eigenvalue weighted by molar-refractivity contribution is 0.0985. The van der Waals surface area contributed by atoms with Gasteiger partial charge in [-0.3, -0.25) is 9.69 Å². The number of hydrogen-bond acceptors (Lipinski definition) is 7. The molecule has 1 amide bonds. The summed E-state index contributed by atoms with van der Waals surface area (Å²) < 4.78 is 34.5. The molecule has 2 heterocycles. The Morgan fingerprint density at radius 2 is 1.74 bits per heavy atom. The fourth-order valence-corrected chi connectivity index (χ4v) is 6.86. The van der Waals surface area contributed by atoms with E-state index in [1.54, 1.807) is 24.1 Å². The number of carbonyl (C=O) groups is 1. The topological polar surface area (TPSA) is 83.0 Å². The number of likely N-dealkylation sites (N-methyl/N-ethyl adjacent to an activating group) is 1. The molecule has 0 saturated heterocycles. The van der Waals surface area contributed by atoms with E-state index in [0.717, 1.165) is 15.8 Å². The Bertz CT molecular complexity index is 1570. The standard InChI is InChI=1S/C28H30N4O4S2.ClH/c1-30(2)16-17-32(28-29-25-18-23(36-3)10-13-26(25)37-28)27(33)21-8-11-24(12-9-21)38(34,35)31-15-14-20-6-4-5-7-22(20)19-31;/h4-13,18H,14-17,19H2,1-3H3;1H. The molecule has 39 heavy (non-hydrogen) atoms. The Balaban J connectivity index is 0.00000353. The highest BCUT2D eigenvalue weighted by molar-refractivity contribution is 7.89. The number of fused-ring (bicyclic) bond motifs is 2. The summed E-state index contributed by atoms with van der Waals surface area (Å²) >= 11 is 1.44. The Kier molecular flexibility index (Phi) is 8.93. The number of thiazole rings is 1. The van der Waals surface area contributed by atoms with Crippen LogP contribution >= 0.6 is 23.7 Å². The van der Waals surface area contributed by atoms with Crippen molar-refractivity contribution in [2.75, 3.05) is 45.7 Å². The van der Waals surface area contributed by atoms with E-state index in [1.807, 2.05) is 61.5 Å². The van der Waals surface area contributed by atoms with Crippen molar-refractivity contribution in [3.63, 3.8) is 0 Å². The van der Waals surface area contributed by atoms with Crippen LogP contribution < -0.4 is 9.64 Å². The van der Waals surface area contributed by atoms with Crippen LogP contribution in [0, 0.1) is 0 Å². The van der Waals surface area contributed by atoms with Crippen LogP contribution in [0.4, 0.5) is 5.13 Å². The van der Waals surface area contributed by atoms with Gasteiger partial charge in [-0.1, -0.05) is 35.6 Å². The smallest absolute Gasteiger partial charge is 0.260 e. The number of ether oxygens (including phenoxy) is 1. The minimum absolute atomic E-state index is 0. The lowest BCUT2D eigenvalue weighted by atomic mass is 10.0. The van der Waals surface area contributed by atoms with E-state index in [2.05, 4.69) is 0 Å². The summed E-state index contributed by atoms with van der Waals surface area (Å²) in [6.45, 7) is 1.87. The number of methoxy groups -OCH3 is 1. The van der Waals surface area contributed by atoms with Crippen LogP contribution in [-0.2, 0) is 23.0 Å². The van der Waals surface area contributed by atoms with Crippen molar-refractivity contribution in [2.45, 2.75) is 17.9 Å². The van der Waals surface area contributed by atoms with Gasteiger partial charge in [0.15, 0.2) is 5.13 Å². The van der Waals surface area contributed by atoms with Crippen LogP contribution in [0.1, 0.15) is 21.5 Å². The molecule has 11 heteroatoms. The van der Waals surface area contributed by atoms with E-state index in [1.165, 1.54) is 33.3 Å². The number of carbonyl (C=O) groups excluding carboxylic acids is 1. The molecule has 1 aromatic heterocycles. The molecule has 0 N–H and O–H groups in total. The largest absolute Gasteiger partial charge is 0.497 e. The van der Waals surface area contributed by atoms with E-state index >= 15 is 0 Å². The van der Waals surface area contributed by atoms with Gasteiger partial charge in [-0.25, -0.2) is 13.4 Å². The Morgan fingerprint density at radius 3 is 2.44 bits per heavy atom. The molecule has 0 spiro atoms. The monoisotopic (exact) mass is 586 g/mol. The Morgan fingerprint density at radius 1 is 1.03 bits per heavy atom. The molecule has 5 rings (SSSR count). The molecular weight excluding hydrogens is 556 g/mol. The van der Waals surface area contributed by atoms with Gasteiger partial charge in [0, 0.05) is 37.8 Å². The van der Waals surface area contributed by atoms with Crippen LogP contribution in [0.5, 0.6) is 5.75 Å². The van der Waals surface area contributed by atoms with Crippen LogP contribution in [0.25, 0.3) is 10.2 Å².